The van der Waals surface area contributed by atoms with Crippen LogP contribution in [0.1, 0.15) is 21.5 Å². The molecule has 2 aromatic heterocycles. The first-order chi connectivity index (χ1) is 14.3. The van der Waals surface area contributed by atoms with Crippen LogP contribution in [0.5, 0.6) is 0 Å². The quantitative estimate of drug-likeness (QED) is 0.510. The Bertz CT molecular complexity index is 1070. The van der Waals surface area contributed by atoms with E-state index in [4.69, 9.17) is 0 Å². The van der Waals surface area contributed by atoms with E-state index < -0.39 is 0 Å². The molecule has 4 rings (SSSR count). The highest BCUT2D eigenvalue weighted by Gasteiger charge is 2.13. The van der Waals surface area contributed by atoms with Crippen LogP contribution < -0.4 is 5.32 Å². The Morgan fingerprint density at radius 2 is 1.76 bits per heavy atom. The number of rotatable bonds is 7. The maximum Gasteiger partial charge on any atom is 0.254 e. The van der Waals surface area contributed by atoms with Gasteiger partial charge < -0.3 is 5.32 Å². The molecule has 144 valence electrons. The fourth-order valence-electron chi connectivity index (χ4n) is 2.79. The average molecular weight is 401 g/mol. The largest absolute Gasteiger partial charge is 0.348 e. The summed E-state index contributed by atoms with van der Waals surface area (Å²) in [6.45, 7) is 1.12. The van der Waals surface area contributed by atoms with E-state index in [-0.39, 0.29) is 5.91 Å². The first kappa shape index (κ1) is 18.9. The van der Waals surface area contributed by atoms with Gasteiger partial charge in [-0.1, -0.05) is 54.2 Å². The molecular weight excluding hydrogens is 382 g/mol. The molecule has 0 saturated heterocycles. The number of nitrogens with one attached hydrogen (secondary N) is 1. The Balaban J connectivity index is 1.38. The SMILES string of the molecule is O=C(NCc1ccc(Cn2cncn2)cc1)c1cccnc1Sc1ccccc1. The molecule has 0 aliphatic rings. The van der Waals surface area contributed by atoms with Crippen molar-refractivity contribution in [1.29, 1.82) is 0 Å². The maximum atomic E-state index is 12.7. The van der Waals surface area contributed by atoms with Gasteiger partial charge in [-0.05, 0) is 35.4 Å². The number of hydrogen-bond donors (Lipinski definition) is 1. The summed E-state index contributed by atoms with van der Waals surface area (Å²) in [7, 11) is 0. The molecule has 0 atom stereocenters. The molecule has 0 fully saturated rings. The lowest BCUT2D eigenvalue weighted by molar-refractivity contribution is 0.0947. The van der Waals surface area contributed by atoms with Crippen molar-refractivity contribution in [3.63, 3.8) is 0 Å². The molecular formula is C22H19N5OS. The van der Waals surface area contributed by atoms with E-state index >= 15 is 0 Å². The van der Waals surface area contributed by atoms with Gasteiger partial charge in [-0.15, -0.1) is 0 Å². The number of amides is 1. The molecule has 1 N–H and O–H groups in total. The lowest BCUT2D eigenvalue weighted by Crippen LogP contribution is -2.23. The smallest absolute Gasteiger partial charge is 0.254 e. The Morgan fingerprint density at radius 3 is 2.52 bits per heavy atom. The first-order valence-electron chi connectivity index (χ1n) is 9.14. The lowest BCUT2D eigenvalue weighted by atomic mass is 10.1. The summed E-state index contributed by atoms with van der Waals surface area (Å²) in [5, 5.41) is 7.79. The summed E-state index contributed by atoms with van der Waals surface area (Å²) in [6, 6.07) is 21.6. The van der Waals surface area contributed by atoms with Gasteiger partial charge in [0.1, 0.15) is 17.7 Å². The highest BCUT2D eigenvalue weighted by atomic mass is 32.2. The summed E-state index contributed by atoms with van der Waals surface area (Å²) in [6.07, 6.45) is 4.91. The third-order valence-corrected chi connectivity index (χ3v) is 5.29. The highest BCUT2D eigenvalue weighted by Crippen LogP contribution is 2.28. The molecule has 29 heavy (non-hydrogen) atoms. The van der Waals surface area contributed by atoms with Crippen LogP contribution in [0.15, 0.2) is 95.5 Å². The molecule has 4 aromatic rings. The van der Waals surface area contributed by atoms with Crippen LogP contribution in [0, 0.1) is 0 Å². The number of aromatic nitrogens is 4. The van der Waals surface area contributed by atoms with Gasteiger partial charge in [0.15, 0.2) is 0 Å². The topological polar surface area (TPSA) is 72.7 Å². The number of benzene rings is 2. The minimum atomic E-state index is -0.136. The third-order valence-electron chi connectivity index (χ3n) is 4.26. The maximum absolute atomic E-state index is 12.7. The summed E-state index contributed by atoms with van der Waals surface area (Å²) in [5.41, 5.74) is 2.73. The molecule has 0 aliphatic carbocycles. The molecule has 0 unspecified atom stereocenters. The summed E-state index contributed by atoms with van der Waals surface area (Å²) in [5.74, 6) is -0.136. The minimum absolute atomic E-state index is 0.136. The lowest BCUT2D eigenvalue weighted by Gasteiger charge is -2.10. The molecule has 0 spiro atoms. The zero-order valence-electron chi connectivity index (χ0n) is 15.6. The van der Waals surface area contributed by atoms with Crippen LogP contribution in [-0.2, 0) is 13.1 Å². The van der Waals surface area contributed by atoms with Crippen molar-refractivity contribution in [3.8, 4) is 0 Å². The number of nitrogens with zero attached hydrogens (tertiary/aromatic N) is 4. The molecule has 0 bridgehead atoms. The van der Waals surface area contributed by atoms with Crippen LogP contribution >= 0.6 is 11.8 Å². The molecule has 2 aromatic carbocycles. The second kappa shape index (κ2) is 9.16. The Hall–Kier alpha value is -3.45. The predicted molar refractivity (Wildman–Crippen MR) is 112 cm³/mol. The fraction of sp³-hybridized carbons (Fsp3) is 0.0909. The van der Waals surface area contributed by atoms with Crippen molar-refractivity contribution in [1.82, 2.24) is 25.1 Å². The zero-order valence-corrected chi connectivity index (χ0v) is 16.4. The second-order valence-corrected chi connectivity index (χ2v) is 7.43. The van der Waals surface area contributed by atoms with E-state index in [2.05, 4.69) is 20.4 Å². The standard InChI is InChI=1S/C22H19N5OS/c28-21(20-7-4-12-24-22(20)29-19-5-2-1-3-6-19)25-13-17-8-10-18(11-9-17)14-27-16-23-15-26-27/h1-12,15-16H,13-14H2,(H,25,28). The van der Waals surface area contributed by atoms with Gasteiger partial charge in [-0.2, -0.15) is 5.10 Å². The van der Waals surface area contributed by atoms with Gasteiger partial charge in [0.05, 0.1) is 12.1 Å². The molecule has 6 nitrogen and oxygen atoms in total. The average Bonchev–Trinajstić information content (AvgIpc) is 3.27. The molecule has 0 saturated carbocycles. The summed E-state index contributed by atoms with van der Waals surface area (Å²) < 4.78 is 1.77. The minimum Gasteiger partial charge on any atom is -0.348 e. The van der Waals surface area contributed by atoms with E-state index in [1.807, 2.05) is 54.6 Å². The molecule has 0 aliphatic heterocycles. The Morgan fingerprint density at radius 1 is 0.966 bits per heavy atom. The number of carbonyl (C=O) groups excluding carboxylic acids is 1. The van der Waals surface area contributed by atoms with Crippen molar-refractivity contribution in [2.75, 3.05) is 0 Å². The molecule has 7 heteroatoms. The van der Waals surface area contributed by atoms with Crippen LogP contribution in [0.3, 0.4) is 0 Å². The van der Waals surface area contributed by atoms with E-state index in [0.717, 1.165) is 16.0 Å². The van der Waals surface area contributed by atoms with Crippen LogP contribution in [-0.4, -0.2) is 25.7 Å². The van der Waals surface area contributed by atoms with Crippen molar-refractivity contribution in [2.24, 2.45) is 0 Å². The van der Waals surface area contributed by atoms with Gasteiger partial charge in [0, 0.05) is 17.6 Å². The van der Waals surface area contributed by atoms with Crippen LogP contribution in [0.4, 0.5) is 0 Å². The van der Waals surface area contributed by atoms with Crippen molar-refractivity contribution in [3.05, 3.63) is 102 Å². The van der Waals surface area contributed by atoms with Crippen LogP contribution in [0.2, 0.25) is 0 Å². The van der Waals surface area contributed by atoms with Gasteiger partial charge in [0.25, 0.3) is 5.91 Å². The van der Waals surface area contributed by atoms with Gasteiger partial charge in [-0.25, -0.2) is 14.6 Å². The van der Waals surface area contributed by atoms with Crippen molar-refractivity contribution < 1.29 is 4.79 Å². The summed E-state index contributed by atoms with van der Waals surface area (Å²) >= 11 is 1.48. The second-order valence-electron chi connectivity index (χ2n) is 6.36. The number of pyridine rings is 1. The monoisotopic (exact) mass is 401 g/mol. The summed E-state index contributed by atoms with van der Waals surface area (Å²) in [4.78, 5) is 22.1. The van der Waals surface area contributed by atoms with E-state index in [1.165, 1.54) is 18.1 Å². The highest BCUT2D eigenvalue weighted by molar-refractivity contribution is 7.99. The number of carbonyl (C=O) groups is 1. The fourth-order valence-corrected chi connectivity index (χ4v) is 3.69. The Labute approximate surface area is 173 Å². The molecule has 1 amide bonds. The molecule has 0 radical (unpaired) electrons. The zero-order chi connectivity index (χ0) is 19.9. The Kier molecular flexibility index (Phi) is 5.97. The van der Waals surface area contributed by atoms with E-state index in [0.29, 0.717) is 23.7 Å². The first-order valence-corrected chi connectivity index (χ1v) is 9.96. The third kappa shape index (κ3) is 5.08. The number of hydrogen-bond acceptors (Lipinski definition) is 5. The van der Waals surface area contributed by atoms with Gasteiger partial charge in [0.2, 0.25) is 0 Å². The van der Waals surface area contributed by atoms with E-state index in [1.54, 1.807) is 29.3 Å². The van der Waals surface area contributed by atoms with Crippen molar-refractivity contribution >= 4 is 17.7 Å². The molecule has 2 heterocycles. The van der Waals surface area contributed by atoms with Crippen LogP contribution in [0.25, 0.3) is 0 Å². The predicted octanol–water partition coefficient (Wildman–Crippen LogP) is 3.80. The van der Waals surface area contributed by atoms with Crippen molar-refractivity contribution in [2.45, 2.75) is 23.0 Å². The normalized spacial score (nSPS) is 10.6. The van der Waals surface area contributed by atoms with Gasteiger partial charge in [-0.3, -0.25) is 4.79 Å². The van der Waals surface area contributed by atoms with E-state index in [9.17, 15) is 4.79 Å². The van der Waals surface area contributed by atoms with Gasteiger partial charge >= 0.3 is 0 Å².